The average molecular weight is 140 g/mol. The number of ether oxygens (including phenoxy) is 1. The van der Waals surface area contributed by atoms with Crippen molar-refractivity contribution in [2.45, 2.75) is 32.3 Å². The van der Waals surface area contributed by atoms with E-state index in [1.165, 1.54) is 12.5 Å². The molecule has 0 aromatic carbocycles. The molecule has 0 aromatic rings. The van der Waals surface area contributed by atoms with Crippen molar-refractivity contribution in [2.75, 3.05) is 0 Å². The SMILES string of the molecule is CC=CC(=O)OC1CCC1. The van der Waals surface area contributed by atoms with Gasteiger partial charge in [-0.2, -0.15) is 0 Å². The van der Waals surface area contributed by atoms with Gasteiger partial charge in [-0.25, -0.2) is 4.79 Å². The van der Waals surface area contributed by atoms with E-state index in [1.807, 2.05) is 6.92 Å². The van der Waals surface area contributed by atoms with Crippen LogP contribution in [0.2, 0.25) is 0 Å². The number of rotatable bonds is 2. The summed E-state index contributed by atoms with van der Waals surface area (Å²) < 4.78 is 5.00. The van der Waals surface area contributed by atoms with Gasteiger partial charge in [0.1, 0.15) is 6.10 Å². The second-order valence-corrected chi connectivity index (χ2v) is 2.49. The van der Waals surface area contributed by atoms with E-state index in [0.29, 0.717) is 0 Å². The average Bonchev–Trinajstić information content (AvgIpc) is 1.80. The van der Waals surface area contributed by atoms with E-state index in [2.05, 4.69) is 0 Å². The molecule has 1 saturated carbocycles. The highest BCUT2D eigenvalue weighted by atomic mass is 16.5. The summed E-state index contributed by atoms with van der Waals surface area (Å²) in [6.07, 6.45) is 6.66. The number of carbonyl (C=O) groups excluding carboxylic acids is 1. The summed E-state index contributed by atoms with van der Waals surface area (Å²) in [4.78, 5) is 10.7. The first-order valence-electron chi connectivity index (χ1n) is 3.66. The molecule has 0 aromatic heterocycles. The standard InChI is InChI=1S/C8H12O2/c1-2-4-8(9)10-7-5-3-6-7/h2,4,7H,3,5-6H2,1H3. The van der Waals surface area contributed by atoms with E-state index in [0.717, 1.165) is 12.8 Å². The fraction of sp³-hybridized carbons (Fsp3) is 0.625. The first-order chi connectivity index (χ1) is 4.83. The third-order valence-corrected chi connectivity index (χ3v) is 1.64. The number of allylic oxidation sites excluding steroid dienone is 1. The van der Waals surface area contributed by atoms with Crippen LogP contribution in [0.5, 0.6) is 0 Å². The Labute approximate surface area is 60.9 Å². The molecule has 0 atom stereocenters. The van der Waals surface area contributed by atoms with Gasteiger partial charge in [-0.3, -0.25) is 0 Å². The first-order valence-corrected chi connectivity index (χ1v) is 3.66. The molecule has 2 nitrogen and oxygen atoms in total. The smallest absolute Gasteiger partial charge is 0.330 e. The van der Waals surface area contributed by atoms with Crippen molar-refractivity contribution < 1.29 is 9.53 Å². The van der Waals surface area contributed by atoms with Gasteiger partial charge >= 0.3 is 5.97 Å². The third-order valence-electron chi connectivity index (χ3n) is 1.64. The van der Waals surface area contributed by atoms with Gasteiger partial charge in [-0.05, 0) is 26.2 Å². The number of esters is 1. The predicted molar refractivity (Wildman–Crippen MR) is 38.5 cm³/mol. The molecule has 0 aliphatic heterocycles. The molecule has 1 rings (SSSR count). The summed E-state index contributed by atoms with van der Waals surface area (Å²) >= 11 is 0. The Morgan fingerprint density at radius 3 is 2.70 bits per heavy atom. The second-order valence-electron chi connectivity index (χ2n) is 2.49. The monoisotopic (exact) mass is 140 g/mol. The minimum Gasteiger partial charge on any atom is -0.459 e. The minimum atomic E-state index is -0.202. The number of hydrogen-bond acceptors (Lipinski definition) is 2. The van der Waals surface area contributed by atoms with Crippen molar-refractivity contribution in [3.8, 4) is 0 Å². The molecule has 0 N–H and O–H groups in total. The maximum atomic E-state index is 10.7. The van der Waals surface area contributed by atoms with E-state index in [9.17, 15) is 4.79 Å². The molecule has 0 unspecified atom stereocenters. The van der Waals surface area contributed by atoms with E-state index < -0.39 is 0 Å². The summed E-state index contributed by atoms with van der Waals surface area (Å²) in [7, 11) is 0. The molecular weight excluding hydrogens is 128 g/mol. The summed E-state index contributed by atoms with van der Waals surface area (Å²) in [6, 6.07) is 0. The van der Waals surface area contributed by atoms with Crippen LogP contribution in [0.15, 0.2) is 12.2 Å². The van der Waals surface area contributed by atoms with Crippen molar-refractivity contribution >= 4 is 5.97 Å². The quantitative estimate of drug-likeness (QED) is 0.430. The van der Waals surface area contributed by atoms with Crippen LogP contribution >= 0.6 is 0 Å². The lowest BCUT2D eigenvalue weighted by Gasteiger charge is -2.24. The van der Waals surface area contributed by atoms with Crippen LogP contribution in [0.25, 0.3) is 0 Å². The van der Waals surface area contributed by atoms with Gasteiger partial charge in [-0.1, -0.05) is 6.08 Å². The Bertz CT molecular complexity index is 145. The largest absolute Gasteiger partial charge is 0.459 e. The number of hydrogen-bond donors (Lipinski definition) is 0. The molecule has 1 aliphatic rings. The Morgan fingerprint density at radius 2 is 2.30 bits per heavy atom. The molecule has 56 valence electrons. The van der Waals surface area contributed by atoms with Gasteiger partial charge in [0.15, 0.2) is 0 Å². The van der Waals surface area contributed by atoms with Crippen molar-refractivity contribution in [1.29, 1.82) is 0 Å². The van der Waals surface area contributed by atoms with Crippen LogP contribution < -0.4 is 0 Å². The van der Waals surface area contributed by atoms with Crippen molar-refractivity contribution in [2.24, 2.45) is 0 Å². The molecule has 0 spiro atoms. The zero-order valence-corrected chi connectivity index (χ0v) is 6.17. The van der Waals surface area contributed by atoms with Gasteiger partial charge < -0.3 is 4.74 Å². The molecule has 10 heavy (non-hydrogen) atoms. The van der Waals surface area contributed by atoms with Gasteiger partial charge in [0.25, 0.3) is 0 Å². The van der Waals surface area contributed by atoms with E-state index in [1.54, 1.807) is 6.08 Å². The lowest BCUT2D eigenvalue weighted by Crippen LogP contribution is -2.23. The van der Waals surface area contributed by atoms with Crippen LogP contribution in [0.4, 0.5) is 0 Å². The Balaban J connectivity index is 2.17. The number of carbonyl (C=O) groups is 1. The first kappa shape index (κ1) is 7.32. The van der Waals surface area contributed by atoms with Gasteiger partial charge in [-0.15, -0.1) is 0 Å². The predicted octanol–water partition coefficient (Wildman–Crippen LogP) is 1.66. The molecule has 1 fully saturated rings. The van der Waals surface area contributed by atoms with E-state index in [4.69, 9.17) is 4.74 Å². The summed E-state index contributed by atoms with van der Waals surface area (Å²) in [5.41, 5.74) is 0. The maximum absolute atomic E-state index is 10.7. The van der Waals surface area contributed by atoms with Crippen LogP contribution in [-0.4, -0.2) is 12.1 Å². The second kappa shape index (κ2) is 3.40. The molecule has 0 saturated heterocycles. The molecule has 0 amide bonds. The fourth-order valence-corrected chi connectivity index (χ4v) is 0.828. The molecule has 2 heteroatoms. The van der Waals surface area contributed by atoms with Crippen LogP contribution in [0, 0.1) is 0 Å². The van der Waals surface area contributed by atoms with Crippen molar-refractivity contribution in [3.05, 3.63) is 12.2 Å². The molecular formula is C8H12O2. The van der Waals surface area contributed by atoms with Gasteiger partial charge in [0, 0.05) is 6.08 Å². The van der Waals surface area contributed by atoms with Gasteiger partial charge in [0.05, 0.1) is 0 Å². The minimum absolute atomic E-state index is 0.202. The molecule has 0 bridgehead atoms. The Hall–Kier alpha value is -0.790. The highest BCUT2D eigenvalue weighted by Crippen LogP contribution is 2.21. The zero-order valence-electron chi connectivity index (χ0n) is 6.17. The van der Waals surface area contributed by atoms with E-state index >= 15 is 0 Å². The fourth-order valence-electron chi connectivity index (χ4n) is 0.828. The Kier molecular flexibility index (Phi) is 2.49. The zero-order chi connectivity index (χ0) is 7.40. The van der Waals surface area contributed by atoms with Crippen LogP contribution in [-0.2, 0) is 9.53 Å². The van der Waals surface area contributed by atoms with Gasteiger partial charge in [0.2, 0.25) is 0 Å². The normalized spacial score (nSPS) is 18.9. The summed E-state index contributed by atoms with van der Waals surface area (Å²) in [6.45, 7) is 1.81. The molecule has 1 aliphatic carbocycles. The van der Waals surface area contributed by atoms with Crippen molar-refractivity contribution in [3.63, 3.8) is 0 Å². The maximum Gasteiger partial charge on any atom is 0.330 e. The van der Waals surface area contributed by atoms with Crippen LogP contribution in [0.1, 0.15) is 26.2 Å². The molecule has 0 radical (unpaired) electrons. The lowest BCUT2D eigenvalue weighted by atomic mass is 9.96. The van der Waals surface area contributed by atoms with E-state index in [-0.39, 0.29) is 12.1 Å². The highest BCUT2D eigenvalue weighted by molar-refractivity contribution is 5.81. The Morgan fingerprint density at radius 1 is 1.60 bits per heavy atom. The third kappa shape index (κ3) is 1.87. The van der Waals surface area contributed by atoms with Crippen molar-refractivity contribution in [1.82, 2.24) is 0 Å². The summed E-state index contributed by atoms with van der Waals surface area (Å²) in [5, 5.41) is 0. The molecule has 0 heterocycles. The topological polar surface area (TPSA) is 26.3 Å². The lowest BCUT2D eigenvalue weighted by molar-refractivity contribution is -0.146. The summed E-state index contributed by atoms with van der Waals surface area (Å²) in [5.74, 6) is -0.202. The highest BCUT2D eigenvalue weighted by Gasteiger charge is 2.20. The van der Waals surface area contributed by atoms with Crippen LogP contribution in [0.3, 0.4) is 0 Å².